The highest BCUT2D eigenvalue weighted by Gasteiger charge is 2.25. The molecule has 1 aromatic heterocycles. The van der Waals surface area contributed by atoms with Crippen LogP contribution in [0.15, 0.2) is 12.3 Å². The molecule has 5 heteroatoms. The van der Waals surface area contributed by atoms with Crippen LogP contribution < -0.4 is 0 Å². The van der Waals surface area contributed by atoms with Gasteiger partial charge in [0.25, 0.3) is 0 Å². The summed E-state index contributed by atoms with van der Waals surface area (Å²) in [6, 6.07) is 2.29. The number of aromatic nitrogens is 2. The average Bonchev–Trinajstić information content (AvgIpc) is 2.70. The summed E-state index contributed by atoms with van der Waals surface area (Å²) in [6.07, 6.45) is 2.16. The number of aliphatic hydroxyl groups excluding tert-OH is 1. The van der Waals surface area contributed by atoms with Crippen molar-refractivity contribution in [1.82, 2.24) is 19.6 Å². The molecule has 1 aliphatic heterocycles. The van der Waals surface area contributed by atoms with Gasteiger partial charge in [0.1, 0.15) is 0 Å². The van der Waals surface area contributed by atoms with Gasteiger partial charge in [0.2, 0.25) is 0 Å². The van der Waals surface area contributed by atoms with Crippen LogP contribution in [0.1, 0.15) is 18.2 Å². The molecule has 0 aliphatic carbocycles. The standard InChI is InChI=1S/C12H22N4O/c1-14-6-7-15(2)10(9-14)8-12(17)11-4-5-16(3)13-11/h4-5,10,12,17H,6-9H2,1-3H3. The molecular formula is C12H22N4O. The quantitative estimate of drug-likeness (QED) is 0.810. The van der Waals surface area contributed by atoms with Crippen molar-refractivity contribution in [2.75, 3.05) is 33.7 Å². The zero-order valence-electron chi connectivity index (χ0n) is 10.9. The lowest BCUT2D eigenvalue weighted by atomic mass is 10.0. The number of aryl methyl sites for hydroxylation is 1. The maximum absolute atomic E-state index is 10.2. The molecule has 2 unspecified atom stereocenters. The molecule has 2 heterocycles. The van der Waals surface area contributed by atoms with Crippen molar-refractivity contribution in [2.45, 2.75) is 18.6 Å². The van der Waals surface area contributed by atoms with Crippen molar-refractivity contribution in [3.8, 4) is 0 Å². The molecule has 1 fully saturated rings. The maximum Gasteiger partial charge on any atom is 0.0993 e. The van der Waals surface area contributed by atoms with E-state index >= 15 is 0 Å². The van der Waals surface area contributed by atoms with E-state index < -0.39 is 6.10 Å². The predicted octanol–water partition coefficient (Wildman–Crippen LogP) is 0.0894. The third-order valence-corrected chi connectivity index (χ3v) is 3.55. The topological polar surface area (TPSA) is 44.5 Å². The van der Waals surface area contributed by atoms with Crippen molar-refractivity contribution in [3.05, 3.63) is 18.0 Å². The summed E-state index contributed by atoms with van der Waals surface area (Å²) in [5, 5.41) is 14.4. The van der Waals surface area contributed by atoms with Crippen LogP contribution in [0.4, 0.5) is 0 Å². The zero-order chi connectivity index (χ0) is 12.4. The number of nitrogens with zero attached hydrogens (tertiary/aromatic N) is 4. The van der Waals surface area contributed by atoms with Crippen molar-refractivity contribution >= 4 is 0 Å². The molecule has 1 aliphatic rings. The molecule has 1 aromatic rings. The number of piperazine rings is 1. The Morgan fingerprint density at radius 3 is 2.82 bits per heavy atom. The molecule has 0 aromatic carbocycles. The fourth-order valence-corrected chi connectivity index (χ4v) is 2.35. The highest BCUT2D eigenvalue weighted by atomic mass is 16.3. The van der Waals surface area contributed by atoms with Gasteiger partial charge in [0.05, 0.1) is 11.8 Å². The second-order valence-electron chi connectivity index (χ2n) is 5.06. The molecular weight excluding hydrogens is 216 g/mol. The van der Waals surface area contributed by atoms with Crippen LogP contribution in [-0.4, -0.2) is 64.5 Å². The SMILES string of the molecule is CN1CCN(C)C(CC(O)c2ccn(C)n2)C1. The van der Waals surface area contributed by atoms with Crippen LogP contribution in [0.5, 0.6) is 0 Å². The Hall–Kier alpha value is -0.910. The third kappa shape index (κ3) is 3.06. The van der Waals surface area contributed by atoms with Crippen molar-refractivity contribution in [3.63, 3.8) is 0 Å². The summed E-state index contributed by atoms with van der Waals surface area (Å²) >= 11 is 0. The predicted molar refractivity (Wildman–Crippen MR) is 66.7 cm³/mol. The molecule has 0 saturated carbocycles. The zero-order valence-corrected chi connectivity index (χ0v) is 10.9. The van der Waals surface area contributed by atoms with Crippen LogP contribution in [0.2, 0.25) is 0 Å². The Balaban J connectivity index is 1.95. The van der Waals surface area contributed by atoms with Crippen LogP contribution in [-0.2, 0) is 7.05 Å². The van der Waals surface area contributed by atoms with Gasteiger partial charge >= 0.3 is 0 Å². The van der Waals surface area contributed by atoms with E-state index in [9.17, 15) is 5.11 Å². The minimum atomic E-state index is -0.463. The minimum absolute atomic E-state index is 0.408. The highest BCUT2D eigenvalue weighted by Crippen LogP contribution is 2.20. The van der Waals surface area contributed by atoms with Crippen LogP contribution >= 0.6 is 0 Å². The first-order valence-electron chi connectivity index (χ1n) is 6.12. The summed E-state index contributed by atoms with van der Waals surface area (Å²) in [4.78, 5) is 4.64. The summed E-state index contributed by atoms with van der Waals surface area (Å²) in [6.45, 7) is 3.18. The highest BCUT2D eigenvalue weighted by molar-refractivity contribution is 5.03. The van der Waals surface area contributed by atoms with Gasteiger partial charge in [-0.15, -0.1) is 0 Å². The molecule has 96 valence electrons. The molecule has 17 heavy (non-hydrogen) atoms. The van der Waals surface area contributed by atoms with Gasteiger partial charge in [-0.2, -0.15) is 5.10 Å². The Bertz CT molecular complexity index is 365. The lowest BCUT2D eigenvalue weighted by Crippen LogP contribution is -2.50. The fourth-order valence-electron chi connectivity index (χ4n) is 2.35. The molecule has 5 nitrogen and oxygen atoms in total. The van der Waals surface area contributed by atoms with E-state index in [-0.39, 0.29) is 0 Å². The van der Waals surface area contributed by atoms with E-state index in [4.69, 9.17) is 0 Å². The van der Waals surface area contributed by atoms with E-state index in [2.05, 4.69) is 29.0 Å². The van der Waals surface area contributed by atoms with Crippen molar-refractivity contribution in [2.24, 2.45) is 7.05 Å². The molecule has 0 bridgehead atoms. The second kappa shape index (κ2) is 5.16. The Kier molecular flexibility index (Phi) is 3.81. The Morgan fingerprint density at radius 1 is 1.41 bits per heavy atom. The maximum atomic E-state index is 10.2. The number of hydrogen-bond donors (Lipinski definition) is 1. The first-order chi connectivity index (χ1) is 8.06. The average molecular weight is 238 g/mol. The molecule has 2 atom stereocenters. The van der Waals surface area contributed by atoms with E-state index in [1.54, 1.807) is 4.68 Å². The summed E-state index contributed by atoms with van der Waals surface area (Å²) in [7, 11) is 6.13. The lowest BCUT2D eigenvalue weighted by Gasteiger charge is -2.38. The summed E-state index contributed by atoms with van der Waals surface area (Å²) in [5.74, 6) is 0. The first kappa shape index (κ1) is 12.5. The van der Waals surface area contributed by atoms with Gasteiger partial charge in [0.15, 0.2) is 0 Å². The molecule has 0 amide bonds. The molecule has 2 rings (SSSR count). The first-order valence-corrected chi connectivity index (χ1v) is 6.12. The molecule has 1 N–H and O–H groups in total. The summed E-state index contributed by atoms with van der Waals surface area (Å²) < 4.78 is 1.73. The van der Waals surface area contributed by atoms with Crippen molar-refractivity contribution in [1.29, 1.82) is 0 Å². The number of rotatable bonds is 3. The number of hydrogen-bond acceptors (Lipinski definition) is 4. The lowest BCUT2D eigenvalue weighted by molar-refractivity contribution is 0.0617. The minimum Gasteiger partial charge on any atom is -0.387 e. The second-order valence-corrected chi connectivity index (χ2v) is 5.06. The van der Waals surface area contributed by atoms with Gasteiger partial charge in [-0.05, 0) is 26.6 Å². The normalized spacial score (nSPS) is 25.1. The summed E-state index contributed by atoms with van der Waals surface area (Å²) in [5.41, 5.74) is 0.772. The van der Waals surface area contributed by atoms with Gasteiger partial charge in [-0.3, -0.25) is 4.68 Å². The fraction of sp³-hybridized carbons (Fsp3) is 0.750. The van der Waals surface area contributed by atoms with Gasteiger partial charge in [-0.25, -0.2) is 0 Å². The Labute approximate surface area is 103 Å². The van der Waals surface area contributed by atoms with Crippen LogP contribution in [0, 0.1) is 0 Å². The Morgan fingerprint density at radius 2 is 2.18 bits per heavy atom. The molecule has 0 radical (unpaired) electrons. The van der Waals surface area contributed by atoms with Gasteiger partial charge in [0, 0.05) is 38.9 Å². The van der Waals surface area contributed by atoms with E-state index in [1.165, 1.54) is 0 Å². The third-order valence-electron chi connectivity index (χ3n) is 3.55. The monoisotopic (exact) mass is 238 g/mol. The van der Waals surface area contributed by atoms with Crippen LogP contribution in [0.3, 0.4) is 0 Å². The van der Waals surface area contributed by atoms with Gasteiger partial charge < -0.3 is 14.9 Å². The van der Waals surface area contributed by atoms with E-state index in [0.29, 0.717) is 6.04 Å². The van der Waals surface area contributed by atoms with E-state index in [0.717, 1.165) is 31.7 Å². The number of aliphatic hydroxyl groups is 1. The smallest absolute Gasteiger partial charge is 0.0993 e. The van der Waals surface area contributed by atoms with Crippen LogP contribution in [0.25, 0.3) is 0 Å². The van der Waals surface area contributed by atoms with Crippen molar-refractivity contribution < 1.29 is 5.11 Å². The largest absolute Gasteiger partial charge is 0.387 e. The number of likely N-dealkylation sites (N-methyl/N-ethyl adjacent to an activating group) is 2. The molecule has 0 spiro atoms. The van der Waals surface area contributed by atoms with E-state index in [1.807, 2.05) is 19.3 Å². The molecule has 1 saturated heterocycles. The van der Waals surface area contributed by atoms with Gasteiger partial charge in [-0.1, -0.05) is 0 Å².